The maximum absolute atomic E-state index is 12.7. The highest BCUT2D eigenvalue weighted by molar-refractivity contribution is 7.15. The van der Waals surface area contributed by atoms with Crippen molar-refractivity contribution in [2.45, 2.75) is 6.42 Å². The largest absolute Gasteiger partial charge is 0.496 e. The van der Waals surface area contributed by atoms with Crippen molar-refractivity contribution in [2.75, 3.05) is 13.7 Å². The minimum atomic E-state index is -0.124. The minimum Gasteiger partial charge on any atom is -0.496 e. The lowest BCUT2D eigenvalue weighted by atomic mass is 10.1. The Bertz CT molecular complexity index is 1280. The Morgan fingerprint density at radius 3 is 2.93 bits per heavy atom. The summed E-state index contributed by atoms with van der Waals surface area (Å²) in [5, 5.41) is 6.81. The fourth-order valence-corrected chi connectivity index (χ4v) is 4.80. The summed E-state index contributed by atoms with van der Waals surface area (Å²) in [7, 11) is 1.64. The zero-order valence-electron chi connectivity index (χ0n) is 15.5. The van der Waals surface area contributed by atoms with Gasteiger partial charge in [-0.25, -0.2) is 9.97 Å². The third-order valence-electron chi connectivity index (χ3n) is 4.63. The van der Waals surface area contributed by atoms with E-state index in [1.165, 1.54) is 11.3 Å². The number of para-hydroxylation sites is 1. The number of hydrogen-bond donors (Lipinski definition) is 1. The van der Waals surface area contributed by atoms with Gasteiger partial charge in [0.15, 0.2) is 9.92 Å². The van der Waals surface area contributed by atoms with Crippen molar-refractivity contribution in [1.82, 2.24) is 24.1 Å². The van der Waals surface area contributed by atoms with Crippen molar-refractivity contribution >= 4 is 38.5 Å². The van der Waals surface area contributed by atoms with Gasteiger partial charge in [0.1, 0.15) is 11.4 Å². The Morgan fingerprint density at radius 1 is 1.17 bits per heavy atom. The molecule has 4 heterocycles. The molecule has 0 spiro atoms. The van der Waals surface area contributed by atoms with E-state index < -0.39 is 0 Å². The molecule has 4 aromatic heterocycles. The number of carbonyl (C=O) groups excluding carboxylic acids is 1. The van der Waals surface area contributed by atoms with Crippen molar-refractivity contribution in [3.05, 3.63) is 65.0 Å². The predicted molar refractivity (Wildman–Crippen MR) is 114 cm³/mol. The topological polar surface area (TPSA) is 72.9 Å². The van der Waals surface area contributed by atoms with Gasteiger partial charge in [-0.2, -0.15) is 0 Å². The molecule has 29 heavy (non-hydrogen) atoms. The molecule has 0 aliphatic heterocycles. The lowest BCUT2D eigenvalue weighted by molar-refractivity contribution is 0.0948. The molecule has 0 saturated carbocycles. The molecule has 0 saturated heterocycles. The van der Waals surface area contributed by atoms with Crippen LogP contribution in [0.5, 0.6) is 5.75 Å². The number of nitrogens with one attached hydrogen (secondary N) is 1. The third-order valence-corrected chi connectivity index (χ3v) is 6.25. The quantitative estimate of drug-likeness (QED) is 0.451. The molecule has 9 heteroatoms. The molecule has 0 fully saturated rings. The molecular formula is C20H17N5O2S2. The van der Waals surface area contributed by atoms with Crippen LogP contribution in [0.25, 0.3) is 21.2 Å². The number of ether oxygens (including phenoxy) is 1. The second-order valence-electron chi connectivity index (χ2n) is 6.43. The minimum absolute atomic E-state index is 0.124. The van der Waals surface area contributed by atoms with Crippen LogP contribution < -0.4 is 10.1 Å². The Morgan fingerprint density at radius 2 is 2.07 bits per heavy atom. The van der Waals surface area contributed by atoms with E-state index in [-0.39, 0.29) is 5.91 Å². The summed E-state index contributed by atoms with van der Waals surface area (Å²) in [5.74, 6) is 0.630. The summed E-state index contributed by atoms with van der Waals surface area (Å²) in [5.41, 5.74) is 3.22. The van der Waals surface area contributed by atoms with Gasteiger partial charge >= 0.3 is 0 Å². The molecule has 146 valence electrons. The van der Waals surface area contributed by atoms with Crippen LogP contribution in [0.2, 0.25) is 0 Å². The first-order chi connectivity index (χ1) is 14.2. The van der Waals surface area contributed by atoms with Gasteiger partial charge in [-0.3, -0.25) is 13.6 Å². The van der Waals surface area contributed by atoms with E-state index >= 15 is 0 Å². The van der Waals surface area contributed by atoms with Crippen molar-refractivity contribution in [2.24, 2.45) is 0 Å². The second kappa shape index (κ2) is 7.34. The molecule has 5 aromatic rings. The summed E-state index contributed by atoms with van der Waals surface area (Å²) in [6.07, 6.45) is 6.54. The maximum atomic E-state index is 12.7. The van der Waals surface area contributed by atoms with E-state index in [0.717, 1.165) is 32.6 Å². The summed E-state index contributed by atoms with van der Waals surface area (Å²) in [4.78, 5) is 23.6. The number of thiazole rings is 2. The molecule has 0 aliphatic rings. The third kappa shape index (κ3) is 3.28. The monoisotopic (exact) mass is 423 g/mol. The van der Waals surface area contributed by atoms with Gasteiger partial charge in [0.25, 0.3) is 5.91 Å². The normalized spacial score (nSPS) is 11.3. The average Bonchev–Trinajstić information content (AvgIpc) is 3.48. The number of amides is 1. The van der Waals surface area contributed by atoms with Crippen LogP contribution >= 0.6 is 22.7 Å². The zero-order valence-corrected chi connectivity index (χ0v) is 17.2. The molecule has 0 atom stereocenters. The summed E-state index contributed by atoms with van der Waals surface area (Å²) < 4.78 is 9.25. The van der Waals surface area contributed by atoms with E-state index in [4.69, 9.17) is 4.74 Å². The lowest BCUT2D eigenvalue weighted by Crippen LogP contribution is -2.26. The van der Waals surface area contributed by atoms with Crippen LogP contribution in [0.15, 0.2) is 53.6 Å². The van der Waals surface area contributed by atoms with Gasteiger partial charge in [0, 0.05) is 47.9 Å². The number of benzene rings is 1. The van der Waals surface area contributed by atoms with Crippen molar-refractivity contribution < 1.29 is 9.53 Å². The molecular weight excluding hydrogens is 406 g/mol. The standard InChI is InChI=1S/C20H17N5O2S2/c1-27-17-5-3-2-4-14(17)15-11-25-16(12-29-20(25)23-15)18(26)21-7-6-13-10-24-8-9-28-19(24)22-13/h2-5,8-12H,6-7H2,1H3,(H,21,26). The molecule has 5 rings (SSSR count). The SMILES string of the molecule is COc1ccccc1-c1cn2c(C(=O)NCCc3cn4ccsc4n3)csc2n1. The fraction of sp³-hybridized carbons (Fsp3) is 0.150. The number of imidazole rings is 2. The molecule has 0 unspecified atom stereocenters. The number of hydrogen-bond acceptors (Lipinski definition) is 6. The summed E-state index contributed by atoms with van der Waals surface area (Å²) in [6, 6.07) is 7.72. The van der Waals surface area contributed by atoms with E-state index in [0.29, 0.717) is 18.7 Å². The molecule has 0 bridgehead atoms. The predicted octanol–water partition coefficient (Wildman–Crippen LogP) is 3.75. The highest BCUT2D eigenvalue weighted by Gasteiger charge is 2.16. The van der Waals surface area contributed by atoms with Gasteiger partial charge in [-0.1, -0.05) is 12.1 Å². The molecule has 7 nitrogen and oxygen atoms in total. The van der Waals surface area contributed by atoms with E-state index in [1.807, 2.05) is 62.4 Å². The van der Waals surface area contributed by atoms with Gasteiger partial charge in [-0.15, -0.1) is 22.7 Å². The first-order valence-electron chi connectivity index (χ1n) is 9.02. The molecule has 1 amide bonds. The number of aromatic nitrogens is 4. The number of fused-ring (bicyclic) bond motifs is 2. The van der Waals surface area contributed by atoms with E-state index in [2.05, 4.69) is 15.3 Å². The van der Waals surface area contributed by atoms with Crippen molar-refractivity contribution in [1.29, 1.82) is 0 Å². The lowest BCUT2D eigenvalue weighted by Gasteiger charge is -2.05. The van der Waals surface area contributed by atoms with Gasteiger partial charge in [0.05, 0.1) is 18.5 Å². The second-order valence-corrected chi connectivity index (χ2v) is 8.14. The first-order valence-corrected chi connectivity index (χ1v) is 10.8. The number of methoxy groups -OCH3 is 1. The molecule has 0 aliphatic carbocycles. The highest BCUT2D eigenvalue weighted by atomic mass is 32.1. The van der Waals surface area contributed by atoms with Gasteiger partial charge < -0.3 is 10.1 Å². The van der Waals surface area contributed by atoms with E-state index in [1.54, 1.807) is 18.4 Å². The Balaban J connectivity index is 1.32. The molecule has 0 radical (unpaired) electrons. The van der Waals surface area contributed by atoms with Crippen molar-refractivity contribution in [3.8, 4) is 17.0 Å². The Kier molecular flexibility index (Phi) is 4.53. The first kappa shape index (κ1) is 17.9. The zero-order chi connectivity index (χ0) is 19.8. The van der Waals surface area contributed by atoms with Gasteiger partial charge in [0.2, 0.25) is 0 Å². The van der Waals surface area contributed by atoms with Crippen LogP contribution in [0.3, 0.4) is 0 Å². The molecule has 1 aromatic carbocycles. The van der Waals surface area contributed by atoms with Gasteiger partial charge in [-0.05, 0) is 12.1 Å². The number of nitrogens with zero attached hydrogens (tertiary/aromatic N) is 4. The Labute approximate surface area is 174 Å². The summed E-state index contributed by atoms with van der Waals surface area (Å²) in [6.45, 7) is 0.523. The van der Waals surface area contributed by atoms with Crippen LogP contribution in [0.4, 0.5) is 0 Å². The van der Waals surface area contributed by atoms with Crippen LogP contribution in [-0.4, -0.2) is 38.3 Å². The highest BCUT2D eigenvalue weighted by Crippen LogP contribution is 2.30. The number of rotatable bonds is 6. The molecule has 1 N–H and O–H groups in total. The van der Waals surface area contributed by atoms with Crippen LogP contribution in [0.1, 0.15) is 16.2 Å². The van der Waals surface area contributed by atoms with Crippen LogP contribution in [-0.2, 0) is 6.42 Å². The summed E-state index contributed by atoms with van der Waals surface area (Å²) >= 11 is 3.04. The smallest absolute Gasteiger partial charge is 0.269 e. The maximum Gasteiger partial charge on any atom is 0.269 e. The average molecular weight is 424 g/mol. The van der Waals surface area contributed by atoms with Crippen LogP contribution in [0, 0.1) is 0 Å². The van der Waals surface area contributed by atoms with E-state index in [9.17, 15) is 4.79 Å². The fourth-order valence-electron chi connectivity index (χ4n) is 3.22. The van der Waals surface area contributed by atoms with Crippen molar-refractivity contribution in [3.63, 3.8) is 0 Å². The number of carbonyl (C=O) groups is 1. The Hall–Kier alpha value is -3.17.